The third-order valence-corrected chi connectivity index (χ3v) is 2.89. The van der Waals surface area contributed by atoms with E-state index in [4.69, 9.17) is 0 Å². The number of carbonyl (C=O) groups is 1. The fourth-order valence-corrected chi connectivity index (χ4v) is 1.83. The zero-order chi connectivity index (χ0) is 11.1. The van der Waals surface area contributed by atoms with E-state index in [1.54, 1.807) is 12.3 Å². The lowest BCUT2D eigenvalue weighted by atomic mass is 10.3. The van der Waals surface area contributed by atoms with E-state index >= 15 is 0 Å². The molecule has 0 unspecified atom stereocenters. The lowest BCUT2D eigenvalue weighted by Crippen LogP contribution is -2.02. The van der Waals surface area contributed by atoms with Crippen molar-refractivity contribution >= 4 is 11.6 Å². The van der Waals surface area contributed by atoms with Gasteiger partial charge in [-0.05, 0) is 25.0 Å². The molecule has 0 saturated heterocycles. The van der Waals surface area contributed by atoms with E-state index in [9.17, 15) is 4.79 Å². The molecule has 1 aliphatic rings. The van der Waals surface area contributed by atoms with Crippen LogP contribution in [-0.2, 0) is 4.74 Å². The van der Waals surface area contributed by atoms with Crippen LogP contribution in [0.4, 0.5) is 0 Å². The number of rotatable bonds is 2. The third kappa shape index (κ3) is 1.46. The number of aromatic nitrogens is 2. The first kappa shape index (κ1) is 9.39. The van der Waals surface area contributed by atoms with Crippen molar-refractivity contribution in [2.75, 3.05) is 7.11 Å². The average molecular weight is 216 g/mol. The number of esters is 1. The highest BCUT2D eigenvalue weighted by molar-refractivity contribution is 5.89. The Morgan fingerprint density at radius 3 is 2.94 bits per heavy atom. The Morgan fingerprint density at radius 1 is 1.44 bits per heavy atom. The number of pyridine rings is 1. The van der Waals surface area contributed by atoms with Crippen molar-refractivity contribution in [3.05, 3.63) is 35.8 Å². The smallest absolute Gasteiger partial charge is 0.339 e. The van der Waals surface area contributed by atoms with Crippen LogP contribution in [-0.4, -0.2) is 22.5 Å². The van der Waals surface area contributed by atoms with Gasteiger partial charge in [0.2, 0.25) is 0 Å². The second-order valence-electron chi connectivity index (χ2n) is 4.11. The van der Waals surface area contributed by atoms with Crippen LogP contribution in [0.3, 0.4) is 0 Å². The quantitative estimate of drug-likeness (QED) is 0.721. The summed E-state index contributed by atoms with van der Waals surface area (Å²) >= 11 is 0. The summed E-state index contributed by atoms with van der Waals surface area (Å²) in [6, 6.07) is 3.59. The summed E-state index contributed by atoms with van der Waals surface area (Å²) in [4.78, 5) is 15.9. The maximum atomic E-state index is 11.4. The molecular formula is C12H12N2O2. The molecule has 1 aliphatic carbocycles. The van der Waals surface area contributed by atoms with Gasteiger partial charge in [0.15, 0.2) is 0 Å². The van der Waals surface area contributed by atoms with E-state index in [1.807, 2.05) is 16.7 Å². The zero-order valence-electron chi connectivity index (χ0n) is 9.01. The number of methoxy groups -OCH3 is 1. The van der Waals surface area contributed by atoms with Crippen LogP contribution in [0.2, 0.25) is 0 Å². The monoisotopic (exact) mass is 216 g/mol. The molecule has 0 radical (unpaired) electrons. The molecule has 2 heterocycles. The molecule has 0 bridgehead atoms. The third-order valence-electron chi connectivity index (χ3n) is 2.89. The van der Waals surface area contributed by atoms with E-state index in [-0.39, 0.29) is 5.97 Å². The van der Waals surface area contributed by atoms with Crippen LogP contribution in [0.15, 0.2) is 24.5 Å². The minimum absolute atomic E-state index is 0.316. The Hall–Kier alpha value is -1.84. The highest BCUT2D eigenvalue weighted by Gasteiger charge is 2.26. The maximum absolute atomic E-state index is 11.4. The van der Waals surface area contributed by atoms with Crippen molar-refractivity contribution in [3.8, 4) is 0 Å². The van der Waals surface area contributed by atoms with E-state index in [0.717, 1.165) is 11.3 Å². The Morgan fingerprint density at radius 2 is 2.25 bits per heavy atom. The molecule has 0 aromatic carbocycles. The Balaban J connectivity index is 2.06. The first-order valence-electron chi connectivity index (χ1n) is 5.35. The van der Waals surface area contributed by atoms with Crippen LogP contribution in [0.1, 0.15) is 34.8 Å². The van der Waals surface area contributed by atoms with Gasteiger partial charge in [0, 0.05) is 18.3 Å². The van der Waals surface area contributed by atoms with Crippen LogP contribution in [0.25, 0.3) is 5.65 Å². The molecule has 82 valence electrons. The molecule has 16 heavy (non-hydrogen) atoms. The number of imidazole rings is 1. The highest BCUT2D eigenvalue weighted by atomic mass is 16.5. The van der Waals surface area contributed by atoms with Crippen molar-refractivity contribution in [2.24, 2.45) is 0 Å². The van der Waals surface area contributed by atoms with Gasteiger partial charge in [-0.2, -0.15) is 0 Å². The zero-order valence-corrected chi connectivity index (χ0v) is 9.01. The summed E-state index contributed by atoms with van der Waals surface area (Å²) in [5.41, 5.74) is 2.56. The van der Waals surface area contributed by atoms with Crippen LogP contribution >= 0.6 is 0 Å². The lowest BCUT2D eigenvalue weighted by molar-refractivity contribution is 0.0600. The van der Waals surface area contributed by atoms with Crippen molar-refractivity contribution in [1.29, 1.82) is 0 Å². The van der Waals surface area contributed by atoms with Crippen LogP contribution < -0.4 is 0 Å². The van der Waals surface area contributed by atoms with Gasteiger partial charge < -0.3 is 9.14 Å². The molecule has 0 atom stereocenters. The predicted octanol–water partition coefficient (Wildman–Crippen LogP) is 2.00. The molecule has 3 rings (SSSR count). The molecule has 0 aliphatic heterocycles. The molecule has 1 fully saturated rings. The van der Waals surface area contributed by atoms with Gasteiger partial charge in [-0.3, -0.25) is 0 Å². The Kier molecular flexibility index (Phi) is 1.96. The summed E-state index contributed by atoms with van der Waals surface area (Å²) in [5, 5.41) is 0. The van der Waals surface area contributed by atoms with Gasteiger partial charge in [-0.25, -0.2) is 9.78 Å². The number of hydrogen-bond donors (Lipinski definition) is 0. The van der Waals surface area contributed by atoms with Crippen molar-refractivity contribution in [2.45, 2.75) is 18.8 Å². The van der Waals surface area contributed by atoms with Crippen LogP contribution in [0, 0.1) is 0 Å². The van der Waals surface area contributed by atoms with Crippen molar-refractivity contribution < 1.29 is 9.53 Å². The second-order valence-corrected chi connectivity index (χ2v) is 4.11. The van der Waals surface area contributed by atoms with Crippen molar-refractivity contribution in [1.82, 2.24) is 9.38 Å². The molecule has 2 aromatic heterocycles. The van der Waals surface area contributed by atoms with Gasteiger partial charge in [0.1, 0.15) is 5.65 Å². The highest BCUT2D eigenvalue weighted by Crippen LogP contribution is 2.39. The van der Waals surface area contributed by atoms with E-state index < -0.39 is 0 Å². The standard InChI is InChI=1S/C12H12N2O2/c1-16-12(15)9-4-5-11-13-10(8-2-3-8)7-14(11)6-9/h4-8H,2-3H2,1H3. The SMILES string of the molecule is COC(=O)c1ccc2nc(C3CC3)cn2c1. The summed E-state index contributed by atoms with van der Waals surface area (Å²) in [6.07, 6.45) is 6.22. The topological polar surface area (TPSA) is 43.6 Å². The molecule has 4 heteroatoms. The largest absolute Gasteiger partial charge is 0.465 e. The molecule has 0 N–H and O–H groups in total. The number of ether oxygens (including phenoxy) is 1. The first-order chi connectivity index (χ1) is 7.78. The van der Waals surface area contributed by atoms with Gasteiger partial charge in [-0.1, -0.05) is 0 Å². The molecular weight excluding hydrogens is 204 g/mol. The fraction of sp³-hybridized carbons (Fsp3) is 0.333. The lowest BCUT2D eigenvalue weighted by Gasteiger charge is -1.99. The predicted molar refractivity (Wildman–Crippen MR) is 58.5 cm³/mol. The summed E-state index contributed by atoms with van der Waals surface area (Å²) in [7, 11) is 1.38. The van der Waals surface area contributed by atoms with E-state index in [1.165, 1.54) is 20.0 Å². The minimum atomic E-state index is -0.316. The van der Waals surface area contributed by atoms with Crippen molar-refractivity contribution in [3.63, 3.8) is 0 Å². The average Bonchev–Trinajstić information content (AvgIpc) is 3.07. The minimum Gasteiger partial charge on any atom is -0.465 e. The van der Waals surface area contributed by atoms with E-state index in [0.29, 0.717) is 11.5 Å². The number of fused-ring (bicyclic) bond motifs is 1. The van der Waals surface area contributed by atoms with Gasteiger partial charge in [0.05, 0.1) is 18.4 Å². The summed E-state index contributed by atoms with van der Waals surface area (Å²) < 4.78 is 6.57. The summed E-state index contributed by atoms with van der Waals surface area (Å²) in [6.45, 7) is 0. The summed E-state index contributed by atoms with van der Waals surface area (Å²) in [5.74, 6) is 0.310. The van der Waals surface area contributed by atoms with Gasteiger partial charge in [-0.15, -0.1) is 0 Å². The molecule has 1 saturated carbocycles. The number of nitrogens with zero attached hydrogens (tertiary/aromatic N) is 2. The Labute approximate surface area is 92.9 Å². The second kappa shape index (κ2) is 3.33. The molecule has 4 nitrogen and oxygen atoms in total. The van der Waals surface area contributed by atoms with Gasteiger partial charge in [0.25, 0.3) is 0 Å². The van der Waals surface area contributed by atoms with E-state index in [2.05, 4.69) is 9.72 Å². The number of hydrogen-bond acceptors (Lipinski definition) is 3. The molecule has 0 spiro atoms. The normalized spacial score (nSPS) is 15.3. The number of carbonyl (C=O) groups excluding carboxylic acids is 1. The van der Waals surface area contributed by atoms with Gasteiger partial charge >= 0.3 is 5.97 Å². The fourth-order valence-electron chi connectivity index (χ4n) is 1.83. The maximum Gasteiger partial charge on any atom is 0.339 e. The molecule has 0 amide bonds. The first-order valence-corrected chi connectivity index (χ1v) is 5.35. The molecule has 2 aromatic rings. The Bertz CT molecular complexity index is 555. The van der Waals surface area contributed by atoms with Crippen LogP contribution in [0.5, 0.6) is 0 Å².